The van der Waals surface area contributed by atoms with E-state index in [1.807, 2.05) is 0 Å². The van der Waals surface area contributed by atoms with Crippen molar-refractivity contribution in [2.24, 2.45) is 46.3 Å². The monoisotopic (exact) mass is 421 g/mol. The molecule has 2 heteroatoms. The van der Waals surface area contributed by atoms with Gasteiger partial charge in [0.2, 0.25) is 5.91 Å². The molecule has 1 fully saturated rings. The largest absolute Gasteiger partial charge is 0.331 e. The third-order valence-corrected chi connectivity index (χ3v) is 9.92. The number of nitrogens with zero attached hydrogens (tertiary/aromatic N) is 1. The van der Waals surface area contributed by atoms with Gasteiger partial charge < -0.3 is 4.90 Å². The van der Waals surface area contributed by atoms with Crippen LogP contribution in [-0.4, -0.2) is 21.9 Å². The minimum absolute atomic E-state index is 0.00681. The van der Waals surface area contributed by atoms with Gasteiger partial charge >= 0.3 is 0 Å². The molecule has 0 radical (unpaired) electrons. The summed E-state index contributed by atoms with van der Waals surface area (Å²) in [5.74, 6) is 3.04. The van der Waals surface area contributed by atoms with Crippen LogP contribution in [0, 0.1) is 46.3 Å². The lowest BCUT2D eigenvalue weighted by atomic mass is 9.47. The Labute approximate surface area is 190 Å². The first-order valence-electron chi connectivity index (χ1n) is 12.7. The van der Waals surface area contributed by atoms with Gasteiger partial charge in [-0.2, -0.15) is 0 Å². The lowest BCUT2D eigenvalue weighted by molar-refractivity contribution is -0.176. The maximum atomic E-state index is 14.3. The van der Waals surface area contributed by atoms with Crippen LogP contribution in [-0.2, 0) is 4.79 Å². The number of likely N-dealkylation sites (tertiary alicyclic amines) is 1. The molecule has 0 aromatic heterocycles. The van der Waals surface area contributed by atoms with Gasteiger partial charge in [-0.05, 0) is 67.1 Å². The van der Waals surface area contributed by atoms with Crippen LogP contribution in [0.2, 0.25) is 0 Å². The van der Waals surface area contributed by atoms with Crippen LogP contribution in [0.5, 0.6) is 0 Å². The van der Waals surface area contributed by atoms with E-state index >= 15 is 0 Å². The van der Waals surface area contributed by atoms with Crippen LogP contribution in [0.4, 0.5) is 0 Å². The molecule has 1 rings (SSSR count). The molecule has 1 aliphatic heterocycles. The molecule has 1 aliphatic rings. The number of rotatable bonds is 6. The van der Waals surface area contributed by atoms with Gasteiger partial charge in [0.25, 0.3) is 0 Å². The molecule has 0 N–H and O–H groups in total. The fraction of sp³-hybridized carbons (Fsp3) is 0.964. The molecule has 0 aliphatic carbocycles. The molecule has 0 bridgehead atoms. The van der Waals surface area contributed by atoms with Gasteiger partial charge in [0.15, 0.2) is 0 Å². The minimum Gasteiger partial charge on any atom is -0.331 e. The molecule has 178 valence electrons. The third-order valence-electron chi connectivity index (χ3n) is 9.92. The quantitative estimate of drug-likeness (QED) is 0.424. The van der Waals surface area contributed by atoms with Crippen molar-refractivity contribution in [3.63, 3.8) is 0 Å². The maximum Gasteiger partial charge on any atom is 0.223 e. The molecule has 1 amide bonds. The number of carbonyl (C=O) groups is 1. The molecule has 0 spiro atoms. The summed E-state index contributed by atoms with van der Waals surface area (Å²) < 4.78 is 0. The van der Waals surface area contributed by atoms with Crippen LogP contribution in [0.3, 0.4) is 0 Å². The minimum atomic E-state index is -0.213. The van der Waals surface area contributed by atoms with Gasteiger partial charge in [-0.1, -0.05) is 89.5 Å². The first-order valence-corrected chi connectivity index (χ1v) is 12.7. The van der Waals surface area contributed by atoms with Crippen molar-refractivity contribution in [1.29, 1.82) is 0 Å². The molecule has 5 unspecified atom stereocenters. The predicted molar refractivity (Wildman–Crippen MR) is 132 cm³/mol. The van der Waals surface area contributed by atoms with Crippen LogP contribution >= 0.6 is 0 Å². The average Bonchev–Trinajstić information content (AvgIpc) is 2.66. The van der Waals surface area contributed by atoms with Crippen molar-refractivity contribution >= 4 is 5.91 Å². The molecule has 5 atom stereocenters. The van der Waals surface area contributed by atoms with Gasteiger partial charge in [0, 0.05) is 17.5 Å². The summed E-state index contributed by atoms with van der Waals surface area (Å²) in [5, 5.41) is 0. The highest BCUT2D eigenvalue weighted by Gasteiger charge is 2.65. The molecule has 30 heavy (non-hydrogen) atoms. The molecule has 0 aromatic rings. The van der Waals surface area contributed by atoms with E-state index in [1.165, 1.54) is 0 Å². The standard InChI is InChI=1S/C28H55NO/c1-16-21(8)28(15)27(14,20(6)7)24(18(2)3)22(25(9,10)11)17-23(30)29(28)26(12,13)19(4)5/h18-22,24H,16-17H2,1-15H3. The summed E-state index contributed by atoms with van der Waals surface area (Å²) in [4.78, 5) is 16.7. The molecular formula is C28H55NO. The molecule has 1 heterocycles. The second-order valence-electron chi connectivity index (χ2n) is 13.4. The van der Waals surface area contributed by atoms with Gasteiger partial charge in [0.05, 0.1) is 0 Å². The van der Waals surface area contributed by atoms with Crippen LogP contribution in [0.25, 0.3) is 0 Å². The Balaban J connectivity index is 4.13. The molecular weight excluding hydrogens is 366 g/mol. The summed E-state index contributed by atoms with van der Waals surface area (Å²) in [7, 11) is 0. The molecule has 0 saturated carbocycles. The summed E-state index contributed by atoms with van der Waals surface area (Å²) in [6, 6.07) is 0. The van der Waals surface area contributed by atoms with Gasteiger partial charge in [-0.25, -0.2) is 0 Å². The van der Waals surface area contributed by atoms with E-state index < -0.39 is 0 Å². The first kappa shape index (κ1) is 27.5. The van der Waals surface area contributed by atoms with Crippen molar-refractivity contribution in [3.05, 3.63) is 0 Å². The van der Waals surface area contributed by atoms with E-state index in [-0.39, 0.29) is 21.9 Å². The molecule has 0 aromatic carbocycles. The topological polar surface area (TPSA) is 20.3 Å². The van der Waals surface area contributed by atoms with Crippen LogP contribution < -0.4 is 0 Å². The van der Waals surface area contributed by atoms with Crippen molar-refractivity contribution in [2.45, 2.75) is 128 Å². The van der Waals surface area contributed by atoms with E-state index in [2.05, 4.69) is 109 Å². The van der Waals surface area contributed by atoms with E-state index in [0.29, 0.717) is 47.8 Å². The second-order valence-corrected chi connectivity index (χ2v) is 13.4. The van der Waals surface area contributed by atoms with E-state index in [1.54, 1.807) is 0 Å². The zero-order valence-corrected chi connectivity index (χ0v) is 23.2. The van der Waals surface area contributed by atoms with Gasteiger partial charge in [-0.3, -0.25) is 4.79 Å². The van der Waals surface area contributed by atoms with Crippen molar-refractivity contribution in [1.82, 2.24) is 4.90 Å². The Morgan fingerprint density at radius 1 is 0.967 bits per heavy atom. The third kappa shape index (κ3) is 4.11. The normalized spacial score (nSPS) is 32.9. The highest BCUT2D eigenvalue weighted by molar-refractivity contribution is 5.79. The second kappa shape index (κ2) is 8.78. The zero-order chi connectivity index (χ0) is 24.0. The molecule has 1 saturated heterocycles. The van der Waals surface area contributed by atoms with E-state index in [0.717, 1.165) is 6.42 Å². The number of carbonyl (C=O) groups excluding carboxylic acids is 1. The average molecular weight is 422 g/mol. The molecule has 2 nitrogen and oxygen atoms in total. The Bertz CT molecular complexity index is 596. The lowest BCUT2D eigenvalue weighted by Crippen LogP contribution is -2.71. The summed E-state index contributed by atoms with van der Waals surface area (Å²) >= 11 is 0. The Morgan fingerprint density at radius 2 is 1.43 bits per heavy atom. The lowest BCUT2D eigenvalue weighted by Gasteiger charge is -2.65. The highest BCUT2D eigenvalue weighted by atomic mass is 16.2. The SMILES string of the molecule is CCC(C)C1(C)N(C(C)(C)C(C)C)C(=O)CC(C(C)(C)C)C(C(C)C)C1(C)C(C)C. The number of hydrogen-bond acceptors (Lipinski definition) is 1. The number of amides is 1. The number of hydrogen-bond donors (Lipinski definition) is 0. The Morgan fingerprint density at radius 3 is 1.73 bits per heavy atom. The predicted octanol–water partition coefficient (Wildman–Crippen LogP) is 8.05. The first-order chi connectivity index (χ1) is 13.3. The smallest absolute Gasteiger partial charge is 0.223 e. The summed E-state index contributed by atoms with van der Waals surface area (Å²) in [5.41, 5.74) is -0.308. The van der Waals surface area contributed by atoms with Crippen molar-refractivity contribution in [2.75, 3.05) is 0 Å². The Kier molecular flexibility index (Phi) is 8.05. The fourth-order valence-electron chi connectivity index (χ4n) is 6.96. The van der Waals surface area contributed by atoms with E-state index in [4.69, 9.17) is 0 Å². The van der Waals surface area contributed by atoms with Crippen LogP contribution in [0.15, 0.2) is 0 Å². The maximum absolute atomic E-state index is 14.3. The van der Waals surface area contributed by atoms with Crippen molar-refractivity contribution in [3.8, 4) is 0 Å². The summed E-state index contributed by atoms with van der Waals surface area (Å²) in [6.45, 7) is 35.5. The highest BCUT2D eigenvalue weighted by Crippen LogP contribution is 2.62. The van der Waals surface area contributed by atoms with Crippen LogP contribution in [0.1, 0.15) is 117 Å². The zero-order valence-electron chi connectivity index (χ0n) is 23.2. The Hall–Kier alpha value is -0.530. The van der Waals surface area contributed by atoms with Gasteiger partial charge in [-0.15, -0.1) is 0 Å². The van der Waals surface area contributed by atoms with E-state index in [9.17, 15) is 4.79 Å². The van der Waals surface area contributed by atoms with Gasteiger partial charge in [0.1, 0.15) is 0 Å². The fourth-order valence-corrected chi connectivity index (χ4v) is 6.96. The van der Waals surface area contributed by atoms with Crippen molar-refractivity contribution < 1.29 is 4.79 Å². The summed E-state index contributed by atoms with van der Waals surface area (Å²) in [6.07, 6.45) is 1.75.